The predicted molar refractivity (Wildman–Crippen MR) is 44.6 cm³/mol. The van der Waals surface area contributed by atoms with Crippen LogP contribution in [0.15, 0.2) is 0 Å². The van der Waals surface area contributed by atoms with Crippen LogP contribution >= 0.6 is 12.4 Å². The number of β-amino-alcohol motifs (C(OH)–C–C–N with tert-alkyl or cyclic N) is 1. The van der Waals surface area contributed by atoms with E-state index in [1.807, 2.05) is 0 Å². The first-order valence-electron chi connectivity index (χ1n) is 3.73. The van der Waals surface area contributed by atoms with Crippen molar-refractivity contribution in [3.8, 4) is 0 Å². The minimum absolute atomic E-state index is 0. The van der Waals surface area contributed by atoms with Crippen LogP contribution in [-0.4, -0.2) is 35.7 Å². The molecule has 1 rings (SSSR count). The summed E-state index contributed by atoms with van der Waals surface area (Å²) in [5.41, 5.74) is 0. The van der Waals surface area contributed by atoms with Gasteiger partial charge in [-0.15, -0.1) is 12.4 Å². The number of piperidine rings is 1. The molecule has 0 amide bonds. The molecule has 2 nitrogen and oxygen atoms in total. The van der Waals surface area contributed by atoms with Crippen molar-refractivity contribution >= 4 is 12.4 Å². The zero-order valence-corrected chi connectivity index (χ0v) is 7.23. The quantitative estimate of drug-likeness (QED) is 0.624. The van der Waals surface area contributed by atoms with E-state index in [0.717, 1.165) is 25.9 Å². The smallest absolute Gasteiger partial charge is 0.0667 e. The number of hydrogen-bond acceptors (Lipinski definition) is 2. The van der Waals surface area contributed by atoms with Crippen molar-refractivity contribution in [3.05, 3.63) is 0 Å². The van der Waals surface area contributed by atoms with Gasteiger partial charge >= 0.3 is 0 Å². The monoisotopic (exact) mass is 165 g/mol. The highest BCUT2D eigenvalue weighted by Gasteiger charge is 2.14. The molecule has 62 valence electrons. The fourth-order valence-corrected chi connectivity index (χ4v) is 1.32. The van der Waals surface area contributed by atoms with E-state index in [2.05, 4.69) is 11.8 Å². The Morgan fingerprint density at radius 2 is 2.30 bits per heavy atom. The molecule has 1 saturated heterocycles. The van der Waals surface area contributed by atoms with Gasteiger partial charge in [0.05, 0.1) is 6.10 Å². The van der Waals surface area contributed by atoms with Crippen molar-refractivity contribution < 1.29 is 5.11 Å². The van der Waals surface area contributed by atoms with Gasteiger partial charge in [0.2, 0.25) is 0 Å². The average Bonchev–Trinajstić information content (AvgIpc) is 1.88. The summed E-state index contributed by atoms with van der Waals surface area (Å²) in [6.45, 7) is 5.28. The summed E-state index contributed by atoms with van der Waals surface area (Å²) in [6, 6.07) is 0. The number of aliphatic hydroxyl groups is 1. The lowest BCUT2D eigenvalue weighted by Crippen LogP contribution is -2.37. The van der Waals surface area contributed by atoms with Gasteiger partial charge in [0, 0.05) is 6.54 Å². The zero-order valence-electron chi connectivity index (χ0n) is 6.42. The third-order valence-corrected chi connectivity index (χ3v) is 1.93. The topological polar surface area (TPSA) is 23.5 Å². The van der Waals surface area contributed by atoms with Crippen molar-refractivity contribution in [2.24, 2.45) is 0 Å². The van der Waals surface area contributed by atoms with E-state index in [-0.39, 0.29) is 18.5 Å². The lowest BCUT2D eigenvalue weighted by atomic mass is 10.1. The Labute approximate surface area is 68.6 Å². The summed E-state index contributed by atoms with van der Waals surface area (Å²) in [4.78, 5) is 2.29. The van der Waals surface area contributed by atoms with Crippen LogP contribution in [0, 0.1) is 0 Å². The molecule has 1 aliphatic rings. The predicted octanol–water partition coefficient (Wildman–Crippen LogP) is 0.885. The Bertz CT molecular complexity index is 89.7. The van der Waals surface area contributed by atoms with Gasteiger partial charge in [-0.1, -0.05) is 6.92 Å². The van der Waals surface area contributed by atoms with Gasteiger partial charge in [0.15, 0.2) is 0 Å². The molecule has 0 saturated carbocycles. The van der Waals surface area contributed by atoms with Crippen LogP contribution in [0.4, 0.5) is 0 Å². The third kappa shape index (κ3) is 2.86. The van der Waals surface area contributed by atoms with Crippen molar-refractivity contribution in [1.82, 2.24) is 4.90 Å². The Morgan fingerprint density at radius 3 is 2.70 bits per heavy atom. The number of halogens is 1. The summed E-state index contributed by atoms with van der Waals surface area (Å²) in [5, 5.41) is 9.17. The van der Waals surface area contributed by atoms with E-state index >= 15 is 0 Å². The van der Waals surface area contributed by atoms with Gasteiger partial charge in [-0.25, -0.2) is 0 Å². The molecule has 0 aromatic rings. The molecule has 0 bridgehead atoms. The number of aliphatic hydroxyl groups excluding tert-OH is 1. The van der Waals surface area contributed by atoms with Crippen molar-refractivity contribution in [2.75, 3.05) is 19.6 Å². The van der Waals surface area contributed by atoms with Crippen LogP contribution in [0.3, 0.4) is 0 Å². The Balaban J connectivity index is 0.000000810. The summed E-state index contributed by atoms with van der Waals surface area (Å²) in [6.07, 6.45) is 2.10. The van der Waals surface area contributed by atoms with Gasteiger partial charge < -0.3 is 10.0 Å². The number of likely N-dealkylation sites (tertiary alicyclic amines) is 1. The molecule has 0 aliphatic carbocycles. The molecule has 3 heteroatoms. The Morgan fingerprint density at radius 1 is 1.60 bits per heavy atom. The van der Waals surface area contributed by atoms with Crippen LogP contribution < -0.4 is 0 Å². The molecule has 1 fully saturated rings. The maximum atomic E-state index is 9.17. The van der Waals surface area contributed by atoms with E-state index in [1.165, 1.54) is 6.54 Å². The first kappa shape index (κ1) is 10.2. The highest BCUT2D eigenvalue weighted by Crippen LogP contribution is 2.08. The Hall–Kier alpha value is 0.210. The van der Waals surface area contributed by atoms with Crippen LogP contribution in [-0.2, 0) is 0 Å². The van der Waals surface area contributed by atoms with Gasteiger partial charge in [0.1, 0.15) is 0 Å². The minimum atomic E-state index is -0.0568. The SMILES string of the molecule is CCN1CCCC(O)C1.Cl. The molecular formula is C7H16ClNO. The van der Waals surface area contributed by atoms with Crippen LogP contribution in [0.2, 0.25) is 0 Å². The molecule has 0 radical (unpaired) electrons. The molecule has 10 heavy (non-hydrogen) atoms. The number of hydrogen-bond donors (Lipinski definition) is 1. The first-order valence-corrected chi connectivity index (χ1v) is 3.73. The molecule has 0 aromatic heterocycles. The summed E-state index contributed by atoms with van der Waals surface area (Å²) < 4.78 is 0. The number of likely N-dealkylation sites (N-methyl/N-ethyl adjacent to an activating group) is 1. The summed E-state index contributed by atoms with van der Waals surface area (Å²) in [7, 11) is 0. The second kappa shape index (κ2) is 4.94. The average molecular weight is 166 g/mol. The van der Waals surface area contributed by atoms with E-state index in [0.29, 0.717) is 0 Å². The lowest BCUT2D eigenvalue weighted by molar-refractivity contribution is 0.0737. The van der Waals surface area contributed by atoms with Crippen LogP contribution in [0.1, 0.15) is 19.8 Å². The van der Waals surface area contributed by atoms with E-state index in [4.69, 9.17) is 5.11 Å². The minimum Gasteiger partial charge on any atom is -0.392 e. The number of rotatable bonds is 1. The summed E-state index contributed by atoms with van der Waals surface area (Å²) in [5.74, 6) is 0. The van der Waals surface area contributed by atoms with E-state index in [9.17, 15) is 0 Å². The van der Waals surface area contributed by atoms with Gasteiger partial charge in [0.25, 0.3) is 0 Å². The van der Waals surface area contributed by atoms with E-state index in [1.54, 1.807) is 0 Å². The fourth-order valence-electron chi connectivity index (χ4n) is 1.32. The second-order valence-electron chi connectivity index (χ2n) is 2.69. The zero-order chi connectivity index (χ0) is 6.69. The molecule has 1 N–H and O–H groups in total. The molecule has 1 aliphatic heterocycles. The second-order valence-corrected chi connectivity index (χ2v) is 2.69. The third-order valence-electron chi connectivity index (χ3n) is 1.93. The normalized spacial score (nSPS) is 27.6. The molecule has 1 heterocycles. The Kier molecular flexibility index (Phi) is 5.04. The van der Waals surface area contributed by atoms with Gasteiger partial charge in [-0.3, -0.25) is 0 Å². The molecular weight excluding hydrogens is 150 g/mol. The molecule has 0 aromatic carbocycles. The van der Waals surface area contributed by atoms with Crippen molar-refractivity contribution in [1.29, 1.82) is 0 Å². The molecule has 0 spiro atoms. The first-order chi connectivity index (χ1) is 4.33. The summed E-state index contributed by atoms with van der Waals surface area (Å²) >= 11 is 0. The fraction of sp³-hybridized carbons (Fsp3) is 1.00. The molecule has 1 unspecified atom stereocenters. The lowest BCUT2D eigenvalue weighted by Gasteiger charge is -2.28. The molecule has 1 atom stereocenters. The largest absolute Gasteiger partial charge is 0.392 e. The van der Waals surface area contributed by atoms with Crippen molar-refractivity contribution in [3.63, 3.8) is 0 Å². The van der Waals surface area contributed by atoms with Gasteiger partial charge in [-0.05, 0) is 25.9 Å². The maximum Gasteiger partial charge on any atom is 0.0667 e. The standard InChI is InChI=1S/C7H15NO.ClH/c1-2-8-5-3-4-7(9)6-8;/h7,9H,2-6H2,1H3;1H. The maximum absolute atomic E-state index is 9.17. The van der Waals surface area contributed by atoms with Crippen LogP contribution in [0.5, 0.6) is 0 Å². The number of nitrogens with zero attached hydrogens (tertiary/aromatic N) is 1. The van der Waals surface area contributed by atoms with Crippen molar-refractivity contribution in [2.45, 2.75) is 25.9 Å². The van der Waals surface area contributed by atoms with Crippen LogP contribution in [0.25, 0.3) is 0 Å². The highest BCUT2D eigenvalue weighted by molar-refractivity contribution is 5.85. The van der Waals surface area contributed by atoms with Gasteiger partial charge in [-0.2, -0.15) is 0 Å². The highest BCUT2D eigenvalue weighted by atomic mass is 35.5. The van der Waals surface area contributed by atoms with E-state index < -0.39 is 0 Å².